The molecule has 3 nitrogen and oxygen atoms in total. The average molecular weight is 258 g/mol. The van der Waals surface area contributed by atoms with Crippen molar-refractivity contribution in [2.45, 2.75) is 0 Å². The zero-order valence-corrected chi connectivity index (χ0v) is 10.3. The summed E-state index contributed by atoms with van der Waals surface area (Å²) >= 11 is 0. The SMILES string of the molecule is OP(O)Oc1ccc2c(ccc3ccccc32)c1. The molecule has 90 valence electrons. The highest BCUT2D eigenvalue weighted by Crippen LogP contribution is 2.33. The Kier molecular flexibility index (Phi) is 2.88. The fourth-order valence-corrected chi connectivity index (χ4v) is 2.44. The van der Waals surface area contributed by atoms with Crippen molar-refractivity contribution in [1.29, 1.82) is 0 Å². The van der Waals surface area contributed by atoms with Gasteiger partial charge in [-0.05, 0) is 33.7 Å². The molecule has 3 aromatic rings. The van der Waals surface area contributed by atoms with Crippen molar-refractivity contribution in [3.63, 3.8) is 0 Å². The maximum atomic E-state index is 8.85. The second-order valence-electron chi connectivity index (χ2n) is 4.01. The molecule has 0 aliphatic heterocycles. The lowest BCUT2D eigenvalue weighted by atomic mass is 10.0. The third-order valence-electron chi connectivity index (χ3n) is 2.90. The van der Waals surface area contributed by atoms with Gasteiger partial charge in [-0.1, -0.05) is 42.5 Å². The van der Waals surface area contributed by atoms with Crippen LogP contribution in [0.1, 0.15) is 0 Å². The Hall–Kier alpha value is -1.67. The minimum Gasteiger partial charge on any atom is -0.427 e. The molecule has 0 aliphatic carbocycles. The Morgan fingerprint density at radius 3 is 2.33 bits per heavy atom. The standard InChI is InChI=1S/C14H11O3P/c15-18(16)17-12-7-8-14-11(9-12)6-5-10-3-1-2-4-13(10)14/h1-9,15-16H. The van der Waals surface area contributed by atoms with Gasteiger partial charge >= 0.3 is 8.60 Å². The third kappa shape index (κ3) is 2.04. The Morgan fingerprint density at radius 1 is 0.778 bits per heavy atom. The van der Waals surface area contributed by atoms with Crippen LogP contribution in [0.5, 0.6) is 5.75 Å². The summed E-state index contributed by atoms with van der Waals surface area (Å²) in [4.78, 5) is 17.7. The van der Waals surface area contributed by atoms with Gasteiger partial charge in [-0.15, -0.1) is 0 Å². The minimum atomic E-state index is -2.37. The minimum absolute atomic E-state index is 0.467. The van der Waals surface area contributed by atoms with Crippen LogP contribution in [0.25, 0.3) is 21.5 Å². The van der Waals surface area contributed by atoms with Gasteiger partial charge in [-0.25, -0.2) is 0 Å². The zero-order chi connectivity index (χ0) is 12.5. The van der Waals surface area contributed by atoms with Crippen LogP contribution >= 0.6 is 8.60 Å². The van der Waals surface area contributed by atoms with Crippen molar-refractivity contribution in [2.75, 3.05) is 0 Å². The highest BCUT2D eigenvalue weighted by Gasteiger charge is 2.05. The van der Waals surface area contributed by atoms with Gasteiger partial charge in [-0.2, -0.15) is 0 Å². The molecule has 0 heterocycles. The molecule has 0 unspecified atom stereocenters. The molecule has 4 heteroatoms. The van der Waals surface area contributed by atoms with Crippen LogP contribution in [0.2, 0.25) is 0 Å². The van der Waals surface area contributed by atoms with Crippen LogP contribution in [-0.4, -0.2) is 9.79 Å². The zero-order valence-electron chi connectivity index (χ0n) is 9.45. The first-order chi connectivity index (χ1) is 8.74. The maximum Gasteiger partial charge on any atom is 0.391 e. The van der Waals surface area contributed by atoms with Gasteiger partial charge in [0.05, 0.1) is 0 Å². The summed E-state index contributed by atoms with van der Waals surface area (Å²) in [6, 6.07) is 17.7. The number of fused-ring (bicyclic) bond motifs is 3. The summed E-state index contributed by atoms with van der Waals surface area (Å²) in [6.45, 7) is 0. The molecule has 0 saturated carbocycles. The van der Waals surface area contributed by atoms with Crippen LogP contribution in [0.3, 0.4) is 0 Å². The van der Waals surface area contributed by atoms with Gasteiger partial charge in [0.25, 0.3) is 0 Å². The molecule has 0 saturated heterocycles. The van der Waals surface area contributed by atoms with E-state index in [2.05, 4.69) is 12.1 Å². The van der Waals surface area contributed by atoms with Gasteiger partial charge in [0, 0.05) is 0 Å². The molecule has 0 fully saturated rings. The summed E-state index contributed by atoms with van der Waals surface area (Å²) in [6.07, 6.45) is 0. The quantitative estimate of drug-likeness (QED) is 0.545. The first kappa shape index (κ1) is 11.4. The Morgan fingerprint density at radius 2 is 1.50 bits per heavy atom. The van der Waals surface area contributed by atoms with Crippen molar-refractivity contribution in [1.82, 2.24) is 0 Å². The normalized spacial score (nSPS) is 11.3. The molecule has 3 rings (SSSR count). The Bertz CT molecular complexity index is 710. The first-order valence-corrected chi connectivity index (χ1v) is 6.68. The van der Waals surface area contributed by atoms with Gasteiger partial charge in [0.15, 0.2) is 0 Å². The number of hydrogen-bond acceptors (Lipinski definition) is 3. The van der Waals surface area contributed by atoms with E-state index in [4.69, 9.17) is 14.3 Å². The summed E-state index contributed by atoms with van der Waals surface area (Å²) in [7, 11) is -2.37. The van der Waals surface area contributed by atoms with Crippen molar-refractivity contribution in [3.8, 4) is 5.75 Å². The second-order valence-corrected chi connectivity index (χ2v) is 4.70. The molecule has 3 aromatic carbocycles. The summed E-state index contributed by atoms with van der Waals surface area (Å²) in [5.74, 6) is 0.467. The van der Waals surface area contributed by atoms with Gasteiger partial charge in [0.2, 0.25) is 0 Å². The fraction of sp³-hybridized carbons (Fsp3) is 0. The van der Waals surface area contributed by atoms with Crippen molar-refractivity contribution >= 4 is 30.1 Å². The number of rotatable bonds is 2. The Balaban J connectivity index is 2.21. The third-order valence-corrected chi connectivity index (χ3v) is 3.28. The van der Waals surface area contributed by atoms with E-state index in [-0.39, 0.29) is 0 Å². The van der Waals surface area contributed by atoms with E-state index in [1.807, 2.05) is 36.4 Å². The van der Waals surface area contributed by atoms with E-state index in [1.165, 1.54) is 10.8 Å². The van der Waals surface area contributed by atoms with E-state index >= 15 is 0 Å². The lowest BCUT2D eigenvalue weighted by Gasteiger charge is -2.08. The molecule has 18 heavy (non-hydrogen) atoms. The average Bonchev–Trinajstić information content (AvgIpc) is 2.37. The van der Waals surface area contributed by atoms with Crippen LogP contribution in [0.15, 0.2) is 54.6 Å². The maximum absolute atomic E-state index is 8.85. The molecular weight excluding hydrogens is 247 g/mol. The van der Waals surface area contributed by atoms with E-state index in [1.54, 1.807) is 6.07 Å². The van der Waals surface area contributed by atoms with Crippen LogP contribution < -0.4 is 4.52 Å². The molecule has 0 radical (unpaired) electrons. The lowest BCUT2D eigenvalue weighted by Crippen LogP contribution is -1.85. The van der Waals surface area contributed by atoms with Crippen molar-refractivity contribution in [2.24, 2.45) is 0 Å². The van der Waals surface area contributed by atoms with E-state index in [9.17, 15) is 0 Å². The second kappa shape index (κ2) is 4.54. The molecule has 2 N–H and O–H groups in total. The van der Waals surface area contributed by atoms with Gasteiger partial charge in [0.1, 0.15) is 5.75 Å². The fourth-order valence-electron chi connectivity index (χ4n) is 2.14. The molecular formula is C14H11O3P. The monoisotopic (exact) mass is 258 g/mol. The smallest absolute Gasteiger partial charge is 0.391 e. The molecule has 0 spiro atoms. The Labute approximate surface area is 105 Å². The molecule has 0 aliphatic rings. The topological polar surface area (TPSA) is 49.7 Å². The predicted molar refractivity (Wildman–Crippen MR) is 73.4 cm³/mol. The van der Waals surface area contributed by atoms with Crippen molar-refractivity contribution < 1.29 is 14.3 Å². The molecule has 0 atom stereocenters. The number of hydrogen-bond donors (Lipinski definition) is 2. The van der Waals surface area contributed by atoms with Gasteiger partial charge < -0.3 is 14.3 Å². The first-order valence-electron chi connectivity index (χ1n) is 5.51. The van der Waals surface area contributed by atoms with Crippen LogP contribution in [0.4, 0.5) is 0 Å². The summed E-state index contributed by atoms with van der Waals surface area (Å²) in [5.41, 5.74) is 0. The molecule has 0 amide bonds. The molecule has 0 bridgehead atoms. The number of benzene rings is 3. The molecule has 0 aromatic heterocycles. The predicted octanol–water partition coefficient (Wildman–Crippen LogP) is 3.58. The van der Waals surface area contributed by atoms with E-state index in [0.717, 1.165) is 10.8 Å². The highest BCUT2D eigenvalue weighted by molar-refractivity contribution is 7.39. The van der Waals surface area contributed by atoms with Gasteiger partial charge in [-0.3, -0.25) is 0 Å². The van der Waals surface area contributed by atoms with Crippen LogP contribution in [0, 0.1) is 0 Å². The highest BCUT2D eigenvalue weighted by atomic mass is 31.2. The summed E-state index contributed by atoms with van der Waals surface area (Å²) < 4.78 is 4.91. The lowest BCUT2D eigenvalue weighted by molar-refractivity contribution is 0.375. The summed E-state index contributed by atoms with van der Waals surface area (Å²) in [5, 5.41) is 4.51. The largest absolute Gasteiger partial charge is 0.427 e. The van der Waals surface area contributed by atoms with Crippen LogP contribution in [-0.2, 0) is 0 Å². The van der Waals surface area contributed by atoms with E-state index < -0.39 is 8.60 Å². The van der Waals surface area contributed by atoms with E-state index in [0.29, 0.717) is 5.75 Å². The van der Waals surface area contributed by atoms with Crippen molar-refractivity contribution in [3.05, 3.63) is 54.6 Å².